The zero-order valence-corrected chi connectivity index (χ0v) is 6.49. The van der Waals surface area contributed by atoms with Crippen molar-refractivity contribution in [3.8, 4) is 0 Å². The van der Waals surface area contributed by atoms with E-state index in [0.717, 1.165) is 0 Å². The molecule has 0 aromatic carbocycles. The van der Waals surface area contributed by atoms with E-state index >= 15 is 0 Å². The maximum absolute atomic E-state index is 10.1. The molecule has 0 fully saturated rings. The van der Waals surface area contributed by atoms with Gasteiger partial charge < -0.3 is 14.9 Å². The fourth-order valence-electron chi connectivity index (χ4n) is 0.548. The molecule has 0 saturated carbocycles. The smallest absolute Gasteiger partial charge is 0.317 e. The van der Waals surface area contributed by atoms with Gasteiger partial charge in [0.25, 0.3) is 0 Å². The normalized spacial score (nSPS) is 10.5. The molecular weight excluding hydrogens is 150 g/mol. The van der Waals surface area contributed by atoms with Gasteiger partial charge in [0.2, 0.25) is 0 Å². The summed E-state index contributed by atoms with van der Waals surface area (Å²) in [4.78, 5) is 11.4. The van der Waals surface area contributed by atoms with Gasteiger partial charge in [-0.15, -0.1) is 0 Å². The molecule has 0 atom stereocenters. The minimum Gasteiger partial charge on any atom is -0.480 e. The van der Waals surface area contributed by atoms with E-state index in [1.54, 1.807) is 6.92 Å². The highest BCUT2D eigenvalue weighted by Crippen LogP contribution is 1.86. The predicted octanol–water partition coefficient (Wildman–Crippen LogP) is -0.683. The molecule has 66 valence electrons. The first-order chi connectivity index (χ1) is 5.20. The van der Waals surface area contributed by atoms with Crippen LogP contribution in [0.5, 0.6) is 0 Å². The summed E-state index contributed by atoms with van der Waals surface area (Å²) >= 11 is 0. The number of aliphatic carboxylic acids is 1. The SMILES string of the molecule is CCOCN(CO)CC(=O)O. The van der Waals surface area contributed by atoms with Gasteiger partial charge in [-0.3, -0.25) is 4.79 Å². The van der Waals surface area contributed by atoms with Gasteiger partial charge >= 0.3 is 5.97 Å². The van der Waals surface area contributed by atoms with Crippen molar-refractivity contribution in [2.24, 2.45) is 0 Å². The molecule has 0 aliphatic carbocycles. The van der Waals surface area contributed by atoms with Crippen LogP contribution in [0.2, 0.25) is 0 Å². The zero-order valence-electron chi connectivity index (χ0n) is 6.49. The average Bonchev–Trinajstić information content (AvgIpc) is 1.97. The Kier molecular flexibility index (Phi) is 5.73. The lowest BCUT2D eigenvalue weighted by atomic mass is 10.6. The molecule has 0 aliphatic heterocycles. The summed E-state index contributed by atoms with van der Waals surface area (Å²) < 4.78 is 4.89. The van der Waals surface area contributed by atoms with Crippen LogP contribution < -0.4 is 0 Å². The number of aliphatic hydroxyl groups excluding tert-OH is 1. The van der Waals surface area contributed by atoms with Crippen LogP contribution in [-0.4, -0.2) is 47.7 Å². The second-order valence-electron chi connectivity index (χ2n) is 1.99. The van der Waals surface area contributed by atoms with E-state index in [0.29, 0.717) is 6.61 Å². The molecule has 0 rings (SSSR count). The van der Waals surface area contributed by atoms with E-state index < -0.39 is 5.97 Å². The highest BCUT2D eigenvalue weighted by atomic mass is 16.5. The molecule has 0 aliphatic rings. The third-order valence-electron chi connectivity index (χ3n) is 1.04. The van der Waals surface area contributed by atoms with Crippen LogP contribution in [-0.2, 0) is 9.53 Å². The number of ether oxygens (including phenoxy) is 1. The van der Waals surface area contributed by atoms with E-state index in [-0.39, 0.29) is 20.0 Å². The van der Waals surface area contributed by atoms with Gasteiger partial charge in [-0.2, -0.15) is 0 Å². The van der Waals surface area contributed by atoms with E-state index in [4.69, 9.17) is 14.9 Å². The summed E-state index contributed by atoms with van der Waals surface area (Å²) in [6.45, 7) is 1.97. The molecule has 5 heteroatoms. The summed E-state index contributed by atoms with van der Waals surface area (Å²) in [6.07, 6.45) is 0. The van der Waals surface area contributed by atoms with Gasteiger partial charge in [0, 0.05) is 6.61 Å². The first-order valence-electron chi connectivity index (χ1n) is 3.33. The van der Waals surface area contributed by atoms with E-state index in [1.165, 1.54) is 4.90 Å². The third kappa shape index (κ3) is 5.78. The summed E-state index contributed by atoms with van der Waals surface area (Å²) in [7, 11) is 0. The molecule has 0 heterocycles. The second-order valence-corrected chi connectivity index (χ2v) is 1.99. The third-order valence-corrected chi connectivity index (χ3v) is 1.04. The van der Waals surface area contributed by atoms with Crippen LogP contribution in [0.4, 0.5) is 0 Å². The number of carbonyl (C=O) groups is 1. The first-order valence-corrected chi connectivity index (χ1v) is 3.33. The van der Waals surface area contributed by atoms with Gasteiger partial charge in [-0.25, -0.2) is 4.90 Å². The molecular formula is C6H13NO4. The molecule has 0 aromatic heterocycles. The fraction of sp³-hybridized carbons (Fsp3) is 0.833. The summed E-state index contributed by atoms with van der Waals surface area (Å²) in [6, 6.07) is 0. The van der Waals surface area contributed by atoms with Crippen LogP contribution in [0.25, 0.3) is 0 Å². The molecule has 0 bridgehead atoms. The van der Waals surface area contributed by atoms with Crippen molar-refractivity contribution in [1.82, 2.24) is 4.90 Å². The average molecular weight is 163 g/mol. The monoisotopic (exact) mass is 163 g/mol. The Labute approximate surface area is 65.2 Å². The quantitative estimate of drug-likeness (QED) is 0.507. The van der Waals surface area contributed by atoms with Crippen molar-refractivity contribution in [1.29, 1.82) is 0 Å². The zero-order chi connectivity index (χ0) is 8.69. The Bertz CT molecular complexity index is 117. The molecule has 0 amide bonds. The number of carboxylic acids is 1. The predicted molar refractivity (Wildman–Crippen MR) is 37.9 cm³/mol. The van der Waals surface area contributed by atoms with E-state index in [1.807, 2.05) is 0 Å². The highest BCUT2D eigenvalue weighted by Gasteiger charge is 2.06. The standard InChI is InChI=1S/C6H13NO4/c1-2-11-5-7(4-8)3-6(9)10/h8H,2-5H2,1H3,(H,9,10). The highest BCUT2D eigenvalue weighted by molar-refractivity contribution is 5.68. The van der Waals surface area contributed by atoms with Crippen LogP contribution in [0, 0.1) is 0 Å². The maximum Gasteiger partial charge on any atom is 0.317 e. The van der Waals surface area contributed by atoms with Crippen LogP contribution >= 0.6 is 0 Å². The van der Waals surface area contributed by atoms with Gasteiger partial charge in [-0.1, -0.05) is 0 Å². The number of hydrogen-bond donors (Lipinski definition) is 2. The van der Waals surface area contributed by atoms with E-state index in [9.17, 15) is 4.79 Å². The van der Waals surface area contributed by atoms with Crippen molar-refractivity contribution in [3.63, 3.8) is 0 Å². The van der Waals surface area contributed by atoms with E-state index in [2.05, 4.69) is 0 Å². The lowest BCUT2D eigenvalue weighted by Crippen LogP contribution is -2.32. The Balaban J connectivity index is 3.49. The number of aliphatic hydroxyl groups is 1. The Morgan fingerprint density at radius 3 is 2.64 bits per heavy atom. The Hall–Kier alpha value is -0.650. The van der Waals surface area contributed by atoms with Gasteiger partial charge in [0.15, 0.2) is 0 Å². The molecule has 0 unspecified atom stereocenters. The lowest BCUT2D eigenvalue weighted by molar-refractivity contribution is -0.141. The lowest BCUT2D eigenvalue weighted by Gasteiger charge is -2.15. The molecule has 5 nitrogen and oxygen atoms in total. The van der Waals surface area contributed by atoms with Gasteiger partial charge in [0.1, 0.15) is 13.3 Å². The summed E-state index contributed by atoms with van der Waals surface area (Å²) in [5, 5.41) is 16.9. The van der Waals surface area contributed by atoms with Crippen LogP contribution in [0.15, 0.2) is 0 Å². The van der Waals surface area contributed by atoms with Crippen LogP contribution in [0.1, 0.15) is 6.92 Å². The van der Waals surface area contributed by atoms with Gasteiger partial charge in [-0.05, 0) is 6.92 Å². The number of carboxylic acid groups (broad SMARTS) is 1. The van der Waals surface area contributed by atoms with Crippen molar-refractivity contribution in [2.75, 3.05) is 26.6 Å². The van der Waals surface area contributed by atoms with Crippen molar-refractivity contribution >= 4 is 5.97 Å². The Morgan fingerprint density at radius 2 is 2.27 bits per heavy atom. The minimum absolute atomic E-state index is 0.152. The topological polar surface area (TPSA) is 70.0 Å². The molecule has 0 saturated heterocycles. The number of hydrogen-bond acceptors (Lipinski definition) is 4. The van der Waals surface area contributed by atoms with Gasteiger partial charge in [0.05, 0.1) is 6.73 Å². The molecule has 0 radical (unpaired) electrons. The van der Waals surface area contributed by atoms with Crippen LogP contribution in [0.3, 0.4) is 0 Å². The minimum atomic E-state index is -0.973. The number of rotatable bonds is 6. The Morgan fingerprint density at radius 1 is 1.64 bits per heavy atom. The largest absolute Gasteiger partial charge is 0.480 e. The molecule has 0 aromatic rings. The van der Waals surface area contributed by atoms with Crippen molar-refractivity contribution < 1.29 is 19.7 Å². The van der Waals surface area contributed by atoms with Crippen molar-refractivity contribution in [2.45, 2.75) is 6.92 Å². The number of nitrogens with zero attached hydrogens (tertiary/aromatic N) is 1. The first kappa shape index (κ1) is 10.3. The summed E-state index contributed by atoms with van der Waals surface area (Å²) in [5.74, 6) is -0.973. The maximum atomic E-state index is 10.1. The fourth-order valence-corrected chi connectivity index (χ4v) is 0.548. The summed E-state index contributed by atoms with van der Waals surface area (Å²) in [5.41, 5.74) is 0. The van der Waals surface area contributed by atoms with Crippen molar-refractivity contribution in [3.05, 3.63) is 0 Å². The second kappa shape index (κ2) is 6.09. The molecule has 11 heavy (non-hydrogen) atoms. The molecule has 0 spiro atoms. The molecule has 2 N–H and O–H groups in total.